The third-order valence-corrected chi connectivity index (χ3v) is 5.94. The van der Waals surface area contributed by atoms with Crippen LogP contribution in [0.3, 0.4) is 0 Å². The number of hydrogen-bond acceptors (Lipinski definition) is 4. The summed E-state index contributed by atoms with van der Waals surface area (Å²) in [6, 6.07) is 10.0. The Morgan fingerprint density at radius 3 is 2.69 bits per heavy atom. The summed E-state index contributed by atoms with van der Waals surface area (Å²) in [7, 11) is 0. The molecule has 5 nitrogen and oxygen atoms in total. The largest absolute Gasteiger partial charge is 0.376 e. The van der Waals surface area contributed by atoms with Crippen molar-refractivity contribution >= 4 is 17.2 Å². The van der Waals surface area contributed by atoms with Gasteiger partial charge < -0.3 is 14.2 Å². The number of ether oxygens (including phenoxy) is 1. The molecule has 26 heavy (non-hydrogen) atoms. The molecule has 2 aromatic rings. The molecule has 1 aliphatic heterocycles. The lowest BCUT2D eigenvalue weighted by molar-refractivity contribution is -0.133. The first-order valence-electron chi connectivity index (χ1n) is 9.14. The number of nitrogens with zero attached hydrogens (tertiary/aromatic N) is 2. The third kappa shape index (κ3) is 4.62. The van der Waals surface area contributed by atoms with Crippen LogP contribution in [-0.4, -0.2) is 34.6 Å². The van der Waals surface area contributed by atoms with Crippen LogP contribution in [0.4, 0.5) is 0 Å². The van der Waals surface area contributed by atoms with Crippen molar-refractivity contribution in [1.82, 2.24) is 9.47 Å². The second kappa shape index (κ2) is 8.64. The summed E-state index contributed by atoms with van der Waals surface area (Å²) in [6.45, 7) is 6.29. The van der Waals surface area contributed by atoms with Gasteiger partial charge in [-0.1, -0.05) is 41.7 Å². The van der Waals surface area contributed by atoms with Gasteiger partial charge in [0.05, 0.1) is 6.10 Å². The van der Waals surface area contributed by atoms with E-state index in [9.17, 15) is 9.59 Å². The van der Waals surface area contributed by atoms with Crippen LogP contribution in [-0.2, 0) is 22.6 Å². The van der Waals surface area contributed by atoms with Crippen molar-refractivity contribution in [2.45, 2.75) is 52.3 Å². The molecule has 0 radical (unpaired) electrons. The molecule has 1 amide bonds. The maximum Gasteiger partial charge on any atom is 0.307 e. The molecule has 0 unspecified atom stereocenters. The summed E-state index contributed by atoms with van der Waals surface area (Å²) < 4.78 is 7.44. The monoisotopic (exact) mass is 374 g/mol. The summed E-state index contributed by atoms with van der Waals surface area (Å²) in [4.78, 5) is 27.9. The van der Waals surface area contributed by atoms with E-state index < -0.39 is 0 Å². The van der Waals surface area contributed by atoms with E-state index in [2.05, 4.69) is 0 Å². The first kappa shape index (κ1) is 18.9. The maximum atomic E-state index is 12.9. The lowest BCUT2D eigenvalue weighted by Crippen LogP contribution is -2.37. The number of rotatable bonds is 7. The van der Waals surface area contributed by atoms with Crippen LogP contribution in [0.1, 0.15) is 35.4 Å². The molecule has 6 heteroatoms. The number of carbonyl (C=O) groups is 1. The number of benzene rings is 1. The van der Waals surface area contributed by atoms with E-state index in [1.54, 1.807) is 4.57 Å². The smallest absolute Gasteiger partial charge is 0.307 e. The molecular weight excluding hydrogens is 348 g/mol. The van der Waals surface area contributed by atoms with E-state index in [4.69, 9.17) is 4.74 Å². The molecular formula is C20H26N2O3S. The molecule has 0 N–H and O–H groups in total. The Morgan fingerprint density at radius 2 is 2.08 bits per heavy atom. The summed E-state index contributed by atoms with van der Waals surface area (Å²) in [6.07, 6.45) is 2.51. The minimum absolute atomic E-state index is 0.0153. The summed E-state index contributed by atoms with van der Waals surface area (Å²) in [5.74, 6) is 0.0690. The molecule has 2 heterocycles. The number of aromatic nitrogens is 1. The zero-order valence-electron chi connectivity index (χ0n) is 15.4. The van der Waals surface area contributed by atoms with Gasteiger partial charge in [0.25, 0.3) is 0 Å². The quantitative estimate of drug-likeness (QED) is 0.748. The number of thiazole rings is 1. The predicted octanol–water partition coefficient (Wildman–Crippen LogP) is 3.12. The fraction of sp³-hybridized carbons (Fsp3) is 0.500. The van der Waals surface area contributed by atoms with Gasteiger partial charge >= 0.3 is 4.87 Å². The minimum Gasteiger partial charge on any atom is -0.376 e. The Balaban J connectivity index is 1.68. The Kier molecular flexibility index (Phi) is 6.27. The van der Waals surface area contributed by atoms with Crippen LogP contribution in [0.15, 0.2) is 35.1 Å². The van der Waals surface area contributed by atoms with Gasteiger partial charge in [0.15, 0.2) is 0 Å². The molecule has 0 saturated carbocycles. The van der Waals surface area contributed by atoms with Crippen molar-refractivity contribution < 1.29 is 9.53 Å². The molecule has 1 aromatic heterocycles. The molecule has 1 saturated heterocycles. The number of carbonyl (C=O) groups excluding carboxylic acids is 1. The van der Waals surface area contributed by atoms with Crippen molar-refractivity contribution in [3.05, 3.63) is 56.1 Å². The van der Waals surface area contributed by atoms with Gasteiger partial charge in [-0.3, -0.25) is 9.59 Å². The zero-order valence-corrected chi connectivity index (χ0v) is 16.3. The Bertz CT molecular complexity index is 791. The lowest BCUT2D eigenvalue weighted by Gasteiger charge is -2.26. The van der Waals surface area contributed by atoms with Gasteiger partial charge in [-0.2, -0.15) is 0 Å². The molecule has 0 bridgehead atoms. The van der Waals surface area contributed by atoms with Crippen molar-refractivity contribution in [1.29, 1.82) is 0 Å². The van der Waals surface area contributed by atoms with Crippen LogP contribution >= 0.6 is 11.3 Å². The highest BCUT2D eigenvalue weighted by Crippen LogP contribution is 2.17. The van der Waals surface area contributed by atoms with Gasteiger partial charge in [0.1, 0.15) is 0 Å². The van der Waals surface area contributed by atoms with Crippen LogP contribution in [0.5, 0.6) is 0 Å². The molecule has 0 aliphatic carbocycles. The Morgan fingerprint density at radius 1 is 1.31 bits per heavy atom. The van der Waals surface area contributed by atoms with Crippen LogP contribution in [0.25, 0.3) is 0 Å². The second-order valence-electron chi connectivity index (χ2n) is 6.81. The van der Waals surface area contributed by atoms with E-state index in [0.29, 0.717) is 26.1 Å². The van der Waals surface area contributed by atoms with Gasteiger partial charge in [-0.15, -0.1) is 0 Å². The highest BCUT2D eigenvalue weighted by atomic mass is 32.1. The molecule has 1 aromatic carbocycles. The fourth-order valence-corrected chi connectivity index (χ4v) is 4.16. The standard InChI is InChI=1S/C20H26N2O3S/c1-15-16(2)26-20(24)22(15)11-10-19(23)21(14-18-9-6-12-25-18)13-17-7-4-3-5-8-17/h3-5,7-8,18H,6,9-14H2,1-2H3/t18-/m1/s1. The van der Waals surface area contributed by atoms with Crippen molar-refractivity contribution in [3.8, 4) is 0 Å². The number of aryl methyl sites for hydroxylation is 1. The lowest BCUT2D eigenvalue weighted by atomic mass is 10.1. The van der Waals surface area contributed by atoms with Crippen molar-refractivity contribution in [2.24, 2.45) is 0 Å². The van der Waals surface area contributed by atoms with Crippen LogP contribution in [0.2, 0.25) is 0 Å². The SMILES string of the molecule is Cc1sc(=O)n(CCC(=O)N(Cc2ccccc2)C[C@H]2CCCO2)c1C. The molecule has 1 aliphatic rings. The predicted molar refractivity (Wildman–Crippen MR) is 104 cm³/mol. The van der Waals surface area contributed by atoms with Crippen LogP contribution in [0, 0.1) is 13.8 Å². The highest BCUT2D eigenvalue weighted by Gasteiger charge is 2.23. The summed E-state index contributed by atoms with van der Waals surface area (Å²) >= 11 is 1.25. The fourth-order valence-electron chi connectivity index (χ4n) is 3.30. The van der Waals surface area contributed by atoms with Gasteiger partial charge in [0, 0.05) is 43.2 Å². The maximum absolute atomic E-state index is 12.9. The Hall–Kier alpha value is -1.92. The van der Waals surface area contributed by atoms with Gasteiger partial charge in [-0.05, 0) is 32.3 Å². The van der Waals surface area contributed by atoms with Crippen molar-refractivity contribution in [3.63, 3.8) is 0 Å². The molecule has 1 fully saturated rings. The number of hydrogen-bond donors (Lipinski definition) is 0. The summed E-state index contributed by atoms with van der Waals surface area (Å²) in [5.41, 5.74) is 2.07. The van der Waals surface area contributed by atoms with E-state index >= 15 is 0 Å². The van der Waals surface area contributed by atoms with Crippen LogP contribution < -0.4 is 4.87 Å². The van der Waals surface area contributed by atoms with E-state index in [1.807, 2.05) is 49.1 Å². The normalized spacial score (nSPS) is 16.8. The minimum atomic E-state index is 0.0153. The number of amides is 1. The molecule has 1 atom stereocenters. The highest BCUT2D eigenvalue weighted by molar-refractivity contribution is 7.09. The zero-order chi connectivity index (χ0) is 18.5. The second-order valence-corrected chi connectivity index (χ2v) is 7.97. The average Bonchev–Trinajstić information content (AvgIpc) is 3.22. The third-order valence-electron chi connectivity index (χ3n) is 4.94. The van der Waals surface area contributed by atoms with E-state index in [1.165, 1.54) is 11.3 Å². The first-order valence-corrected chi connectivity index (χ1v) is 9.96. The summed E-state index contributed by atoms with van der Waals surface area (Å²) in [5, 5.41) is 0. The molecule has 3 rings (SSSR count). The molecule has 0 spiro atoms. The topological polar surface area (TPSA) is 51.5 Å². The first-order chi connectivity index (χ1) is 12.5. The van der Waals surface area contributed by atoms with Crippen molar-refractivity contribution in [2.75, 3.05) is 13.2 Å². The average molecular weight is 375 g/mol. The van der Waals surface area contributed by atoms with E-state index in [0.717, 1.165) is 35.6 Å². The van der Waals surface area contributed by atoms with E-state index in [-0.39, 0.29) is 16.9 Å². The van der Waals surface area contributed by atoms with Gasteiger partial charge in [0.2, 0.25) is 5.91 Å². The van der Waals surface area contributed by atoms with Gasteiger partial charge in [-0.25, -0.2) is 0 Å². The molecule has 140 valence electrons. The Labute approximate surface area is 158 Å².